The number of alkyl halides is 3. The zero-order chi connectivity index (χ0) is 21.6. The van der Waals surface area contributed by atoms with E-state index in [-0.39, 0.29) is 39.8 Å². The molecule has 2 heterocycles. The van der Waals surface area contributed by atoms with E-state index in [2.05, 4.69) is 10.2 Å². The van der Waals surface area contributed by atoms with Crippen molar-refractivity contribution in [1.82, 2.24) is 14.8 Å². The van der Waals surface area contributed by atoms with Crippen LogP contribution in [0.3, 0.4) is 0 Å². The molecule has 1 aromatic carbocycles. The van der Waals surface area contributed by atoms with E-state index in [0.717, 1.165) is 6.21 Å². The average molecular weight is 411 g/mol. The first kappa shape index (κ1) is 20.5. The molecule has 0 fully saturated rings. The van der Waals surface area contributed by atoms with Gasteiger partial charge in [0.1, 0.15) is 11.4 Å². The summed E-state index contributed by atoms with van der Waals surface area (Å²) >= 11 is 0. The number of nitro groups is 1. The van der Waals surface area contributed by atoms with Gasteiger partial charge in [0.15, 0.2) is 0 Å². The van der Waals surface area contributed by atoms with Crippen LogP contribution >= 0.6 is 0 Å². The summed E-state index contributed by atoms with van der Waals surface area (Å²) in [4.78, 5) is 23.4. The Morgan fingerprint density at radius 1 is 1.34 bits per heavy atom. The van der Waals surface area contributed by atoms with Gasteiger partial charge in [0.05, 0.1) is 11.5 Å². The molecule has 1 N–H and O–H groups in total. The highest BCUT2D eigenvalue weighted by Gasteiger charge is 2.61. The lowest BCUT2D eigenvalue weighted by molar-refractivity contribution is -0.386. The topological polar surface area (TPSA) is 114 Å². The molecule has 29 heavy (non-hydrogen) atoms. The third kappa shape index (κ3) is 3.35. The highest BCUT2D eigenvalue weighted by atomic mass is 19.4. The maximum absolute atomic E-state index is 13.3. The first-order valence-corrected chi connectivity index (χ1v) is 8.39. The van der Waals surface area contributed by atoms with Crippen molar-refractivity contribution < 1.29 is 28.0 Å². The Morgan fingerprint density at radius 3 is 2.59 bits per heavy atom. The van der Waals surface area contributed by atoms with Crippen LogP contribution in [0.2, 0.25) is 0 Å². The van der Waals surface area contributed by atoms with Crippen LogP contribution in [0.1, 0.15) is 33.7 Å². The van der Waals surface area contributed by atoms with Crippen molar-refractivity contribution in [1.29, 1.82) is 0 Å². The quantitative estimate of drug-likeness (QED) is 0.614. The molecule has 0 saturated carbocycles. The van der Waals surface area contributed by atoms with E-state index >= 15 is 0 Å². The number of nitrogens with zero attached hydrogens (tertiary/aromatic N) is 5. The van der Waals surface area contributed by atoms with Gasteiger partial charge in [0, 0.05) is 18.2 Å². The molecular formula is C17H16F3N5O4. The lowest BCUT2D eigenvalue weighted by Gasteiger charge is -2.32. The summed E-state index contributed by atoms with van der Waals surface area (Å²) in [7, 11) is 0. The molecule has 154 valence electrons. The first-order valence-electron chi connectivity index (χ1n) is 8.39. The van der Waals surface area contributed by atoms with Gasteiger partial charge in [-0.1, -0.05) is 18.2 Å². The highest BCUT2D eigenvalue weighted by Crippen LogP contribution is 2.39. The van der Waals surface area contributed by atoms with E-state index in [4.69, 9.17) is 0 Å². The van der Waals surface area contributed by atoms with Gasteiger partial charge in [-0.2, -0.15) is 28.4 Å². The number of aliphatic hydroxyl groups is 1. The second kappa shape index (κ2) is 6.95. The van der Waals surface area contributed by atoms with Crippen molar-refractivity contribution in [2.24, 2.45) is 5.10 Å². The van der Waals surface area contributed by atoms with Crippen LogP contribution in [0, 0.1) is 24.0 Å². The molecule has 1 amide bonds. The normalized spacial score (nSPS) is 19.0. The van der Waals surface area contributed by atoms with Crippen LogP contribution < -0.4 is 0 Å². The lowest BCUT2D eigenvalue weighted by Crippen LogP contribution is -2.56. The van der Waals surface area contributed by atoms with E-state index in [1.54, 1.807) is 6.07 Å². The monoisotopic (exact) mass is 411 g/mol. The molecular weight excluding hydrogens is 395 g/mol. The van der Waals surface area contributed by atoms with Crippen molar-refractivity contribution in [3.05, 3.63) is 56.9 Å². The number of halogens is 3. The van der Waals surface area contributed by atoms with E-state index < -0.39 is 29.2 Å². The van der Waals surface area contributed by atoms with Crippen LogP contribution in [-0.2, 0) is 6.54 Å². The van der Waals surface area contributed by atoms with Crippen molar-refractivity contribution in [3.8, 4) is 0 Å². The molecule has 0 unspecified atom stereocenters. The minimum atomic E-state index is -5.11. The Morgan fingerprint density at radius 2 is 2.00 bits per heavy atom. The molecule has 0 radical (unpaired) electrons. The van der Waals surface area contributed by atoms with Crippen LogP contribution in [0.4, 0.5) is 18.9 Å². The fourth-order valence-electron chi connectivity index (χ4n) is 3.14. The van der Waals surface area contributed by atoms with Gasteiger partial charge in [-0.3, -0.25) is 19.6 Å². The second-order valence-electron chi connectivity index (χ2n) is 6.52. The summed E-state index contributed by atoms with van der Waals surface area (Å²) < 4.78 is 41.2. The number of aromatic nitrogens is 2. The fraction of sp³-hybridized carbons (Fsp3) is 0.353. The maximum Gasteiger partial charge on any atom is 0.438 e. The van der Waals surface area contributed by atoms with Crippen molar-refractivity contribution in [3.63, 3.8) is 0 Å². The molecule has 1 aromatic heterocycles. The third-order valence-corrected chi connectivity index (χ3v) is 4.66. The number of rotatable bonds is 4. The summed E-state index contributed by atoms with van der Waals surface area (Å²) in [5.74, 6) is -1.15. The Kier molecular flexibility index (Phi) is 4.91. The standard InChI is InChI=1S/C17H16F3N5O4/c1-10-14(25(28)29)11(2)23(22-10)9-12-5-3-4-6-13(12)15(26)24-16(27,7-8-21-24)17(18,19)20/h3-6,8,27H,7,9H2,1-2H3/t16-/m0/s1. The van der Waals surface area contributed by atoms with Gasteiger partial charge >= 0.3 is 11.9 Å². The predicted molar refractivity (Wildman–Crippen MR) is 94.2 cm³/mol. The highest BCUT2D eigenvalue weighted by molar-refractivity contribution is 5.97. The number of hydrazone groups is 1. The molecule has 0 aliphatic carbocycles. The van der Waals surface area contributed by atoms with Gasteiger partial charge in [0.25, 0.3) is 11.6 Å². The molecule has 2 aromatic rings. The van der Waals surface area contributed by atoms with E-state index in [1.807, 2.05) is 0 Å². The lowest BCUT2D eigenvalue weighted by atomic mass is 10.0. The zero-order valence-electron chi connectivity index (χ0n) is 15.3. The first-order chi connectivity index (χ1) is 13.5. The summed E-state index contributed by atoms with van der Waals surface area (Å²) in [5.41, 5.74) is -3.07. The van der Waals surface area contributed by atoms with Crippen molar-refractivity contribution in [2.45, 2.75) is 38.7 Å². The minimum absolute atomic E-state index is 0.00940. The number of hydrogen-bond acceptors (Lipinski definition) is 6. The van der Waals surface area contributed by atoms with Crippen LogP contribution in [0.5, 0.6) is 0 Å². The minimum Gasteiger partial charge on any atom is -0.362 e. The van der Waals surface area contributed by atoms with Crippen LogP contribution in [-0.4, -0.2) is 48.8 Å². The Labute approximate surface area is 162 Å². The second-order valence-corrected chi connectivity index (χ2v) is 6.52. The number of aryl methyl sites for hydroxylation is 1. The maximum atomic E-state index is 13.3. The third-order valence-electron chi connectivity index (χ3n) is 4.66. The Balaban J connectivity index is 1.99. The van der Waals surface area contributed by atoms with Crippen LogP contribution in [0.25, 0.3) is 0 Å². The number of carbonyl (C=O) groups excluding carboxylic acids is 1. The van der Waals surface area contributed by atoms with Gasteiger partial charge in [0.2, 0.25) is 0 Å². The van der Waals surface area contributed by atoms with Gasteiger partial charge in [-0.25, -0.2) is 0 Å². The van der Waals surface area contributed by atoms with Gasteiger partial charge in [-0.15, -0.1) is 0 Å². The number of amides is 1. The molecule has 1 atom stereocenters. The summed E-state index contributed by atoms with van der Waals surface area (Å²) in [6, 6.07) is 5.80. The molecule has 9 nitrogen and oxygen atoms in total. The smallest absolute Gasteiger partial charge is 0.362 e. The molecule has 12 heteroatoms. The van der Waals surface area contributed by atoms with Crippen LogP contribution in [0.15, 0.2) is 29.4 Å². The summed E-state index contributed by atoms with van der Waals surface area (Å²) in [6.45, 7) is 2.85. The Bertz CT molecular complexity index is 1020. The van der Waals surface area contributed by atoms with E-state index in [9.17, 15) is 33.2 Å². The van der Waals surface area contributed by atoms with Gasteiger partial charge in [-0.05, 0) is 25.5 Å². The molecule has 1 aliphatic rings. The Hall–Kier alpha value is -3.28. The molecule has 1 aliphatic heterocycles. The fourth-order valence-corrected chi connectivity index (χ4v) is 3.14. The molecule has 3 rings (SSSR count). The van der Waals surface area contributed by atoms with Crippen molar-refractivity contribution >= 4 is 17.8 Å². The zero-order valence-corrected chi connectivity index (χ0v) is 15.3. The largest absolute Gasteiger partial charge is 0.438 e. The number of benzene rings is 1. The molecule has 0 spiro atoms. The predicted octanol–water partition coefficient (Wildman–Crippen LogP) is 2.54. The molecule has 0 saturated heterocycles. The van der Waals surface area contributed by atoms with Gasteiger partial charge < -0.3 is 5.11 Å². The van der Waals surface area contributed by atoms with E-state index in [0.29, 0.717) is 0 Å². The summed E-state index contributed by atoms with van der Waals surface area (Å²) in [5, 5.41) is 28.7. The SMILES string of the molecule is Cc1nn(Cc2ccccc2C(=O)N2N=CC[C@]2(O)C(F)(F)F)c(C)c1[N+](=O)[O-]. The summed E-state index contributed by atoms with van der Waals surface area (Å²) in [6.07, 6.45) is -5.17. The number of hydrogen-bond donors (Lipinski definition) is 1. The average Bonchev–Trinajstić information content (AvgIpc) is 3.15. The number of carbonyl (C=O) groups is 1. The molecule has 0 bridgehead atoms. The van der Waals surface area contributed by atoms with E-state index in [1.165, 1.54) is 36.7 Å². The van der Waals surface area contributed by atoms with Crippen molar-refractivity contribution in [2.75, 3.05) is 0 Å².